The van der Waals surface area contributed by atoms with Crippen LogP contribution in [-0.4, -0.2) is 62.4 Å². The Labute approximate surface area is 166 Å². The maximum absolute atomic E-state index is 5.73. The third-order valence-electron chi connectivity index (χ3n) is 5.51. The summed E-state index contributed by atoms with van der Waals surface area (Å²) in [6.45, 7) is 5.96. The number of likely N-dealkylation sites (tertiary alicyclic amines) is 1. The third-order valence-corrected chi connectivity index (χ3v) is 8.04. The predicted octanol–water partition coefficient (Wildman–Crippen LogP) is 1.14. The summed E-state index contributed by atoms with van der Waals surface area (Å²) in [4.78, 5) is 2.56. The number of nitrogens with zero attached hydrogens (tertiary/aromatic N) is 3. The Bertz CT molecular complexity index is 974. The Morgan fingerprint density at radius 3 is 2.78 bits per heavy atom. The summed E-state index contributed by atoms with van der Waals surface area (Å²) in [5.41, 5.74) is 10.7. The molecule has 3 heterocycles. The predicted molar refractivity (Wildman–Crippen MR) is 113 cm³/mol. The molecule has 2 aromatic carbocycles. The van der Waals surface area contributed by atoms with Crippen molar-refractivity contribution in [2.45, 2.75) is 19.4 Å². The number of anilines is 1. The summed E-state index contributed by atoms with van der Waals surface area (Å²) in [6, 6.07) is 13.2. The van der Waals surface area contributed by atoms with Gasteiger partial charge in [0.15, 0.2) is 0 Å². The van der Waals surface area contributed by atoms with E-state index in [1.165, 1.54) is 57.0 Å². The molecule has 0 radical (unpaired) electrons. The van der Waals surface area contributed by atoms with Gasteiger partial charge in [0.05, 0.1) is 0 Å². The van der Waals surface area contributed by atoms with Crippen LogP contribution in [0, 0.1) is 0 Å². The summed E-state index contributed by atoms with van der Waals surface area (Å²) in [6.07, 6.45) is 2.67. The van der Waals surface area contributed by atoms with E-state index in [1.54, 1.807) is 0 Å². The molecule has 0 saturated carbocycles. The summed E-state index contributed by atoms with van der Waals surface area (Å²) < 4.78 is 5.08. The molecule has 1 fully saturated rings. The topological polar surface area (TPSA) is 59.1 Å². The van der Waals surface area contributed by atoms with Crippen LogP contribution >= 0.6 is 0 Å². The third kappa shape index (κ3) is 3.07. The van der Waals surface area contributed by atoms with Gasteiger partial charge in [-0.25, -0.2) is 0 Å². The second-order valence-corrected chi connectivity index (χ2v) is 9.48. The van der Waals surface area contributed by atoms with Gasteiger partial charge in [0.1, 0.15) is 0 Å². The number of nitrogens with two attached hydrogens (primary N) is 1. The van der Waals surface area contributed by atoms with Gasteiger partial charge in [-0.15, -0.1) is 0 Å². The molecule has 6 heteroatoms. The van der Waals surface area contributed by atoms with Crippen LogP contribution in [0.25, 0.3) is 22.2 Å². The molecule has 1 saturated heterocycles. The molecule has 0 aliphatic carbocycles. The molecule has 0 atom stereocenters. The maximum atomic E-state index is 5.73. The van der Waals surface area contributed by atoms with Crippen LogP contribution in [0.2, 0.25) is 0 Å². The van der Waals surface area contributed by atoms with Crippen molar-refractivity contribution in [3.63, 3.8) is 0 Å². The van der Waals surface area contributed by atoms with E-state index < -0.39 is 0 Å². The van der Waals surface area contributed by atoms with E-state index in [-0.39, 0.29) is 15.0 Å². The van der Waals surface area contributed by atoms with Crippen LogP contribution < -0.4 is 20.0 Å². The monoisotopic (exact) mass is 427 g/mol. The van der Waals surface area contributed by atoms with Crippen molar-refractivity contribution in [1.82, 2.24) is 14.7 Å². The molecule has 2 aliphatic rings. The van der Waals surface area contributed by atoms with Crippen LogP contribution in [0.4, 0.5) is 5.69 Å². The summed E-state index contributed by atoms with van der Waals surface area (Å²) in [7, 11) is 0. The van der Waals surface area contributed by atoms with Crippen LogP contribution in [0.15, 0.2) is 36.4 Å². The number of fused-ring (bicyclic) bond motifs is 2. The minimum atomic E-state index is 0.281. The van der Waals surface area contributed by atoms with Crippen molar-refractivity contribution in [2.24, 2.45) is 5.73 Å². The van der Waals surface area contributed by atoms with Gasteiger partial charge >= 0.3 is 166 Å². The zero-order valence-corrected chi connectivity index (χ0v) is 17.2. The van der Waals surface area contributed by atoms with Gasteiger partial charge in [-0.05, 0) is 0 Å². The van der Waals surface area contributed by atoms with Gasteiger partial charge in [-0.1, -0.05) is 0 Å². The van der Waals surface area contributed by atoms with E-state index in [1.807, 2.05) is 0 Å². The number of aromatic nitrogens is 2. The number of nitrogens with one attached hydrogen (secondary N) is 1. The van der Waals surface area contributed by atoms with Crippen molar-refractivity contribution >= 4 is 40.5 Å². The number of hydrogen-bond donors (Lipinski definition) is 2. The number of hydrogen-bond acceptors (Lipinski definition) is 4. The quantitative estimate of drug-likeness (QED) is 0.454. The van der Waals surface area contributed by atoms with Gasteiger partial charge in [-0.2, -0.15) is 0 Å². The molecule has 140 valence electrons. The normalized spacial score (nSPS) is 16.0. The number of benzene rings is 2. The van der Waals surface area contributed by atoms with Gasteiger partial charge in [0, 0.05) is 0 Å². The fourth-order valence-electron chi connectivity index (χ4n) is 4.16. The van der Waals surface area contributed by atoms with Crippen LogP contribution in [0.1, 0.15) is 12.8 Å². The first kappa shape index (κ1) is 17.3. The summed E-state index contributed by atoms with van der Waals surface area (Å²) >= 11 is 0.281. The molecule has 0 spiro atoms. The van der Waals surface area contributed by atoms with Gasteiger partial charge in [0.2, 0.25) is 0 Å². The SMILES string of the molecule is NCCNc1ccc2c3c(nn2CCN2CCCC2)-c2ccccc2[Se]c13. The van der Waals surface area contributed by atoms with Crippen LogP contribution in [0.3, 0.4) is 0 Å². The van der Waals surface area contributed by atoms with Gasteiger partial charge in [-0.3, -0.25) is 0 Å². The van der Waals surface area contributed by atoms with Crippen LogP contribution in [-0.2, 0) is 6.54 Å². The van der Waals surface area contributed by atoms with E-state index in [0.717, 1.165) is 25.3 Å². The second kappa shape index (κ2) is 7.28. The Hall–Kier alpha value is -1.85. The number of rotatable bonds is 6. The Balaban J connectivity index is 1.59. The van der Waals surface area contributed by atoms with E-state index in [2.05, 4.69) is 51.3 Å². The molecule has 5 rings (SSSR count). The molecule has 27 heavy (non-hydrogen) atoms. The molecule has 0 bridgehead atoms. The first-order chi connectivity index (χ1) is 13.3. The first-order valence-electron chi connectivity index (χ1n) is 9.82. The van der Waals surface area contributed by atoms with E-state index in [4.69, 9.17) is 10.8 Å². The average molecular weight is 426 g/mol. The van der Waals surface area contributed by atoms with Crippen molar-refractivity contribution in [2.75, 3.05) is 38.0 Å². The zero-order chi connectivity index (χ0) is 18.2. The van der Waals surface area contributed by atoms with Crippen molar-refractivity contribution in [3.05, 3.63) is 36.4 Å². The Morgan fingerprint density at radius 1 is 1.07 bits per heavy atom. The minimum absolute atomic E-state index is 0.281. The molecule has 3 N–H and O–H groups in total. The molecular formula is C21H25N5Se. The van der Waals surface area contributed by atoms with E-state index in [0.29, 0.717) is 6.54 Å². The van der Waals surface area contributed by atoms with E-state index in [9.17, 15) is 0 Å². The average Bonchev–Trinajstić information content (AvgIpc) is 3.34. The Kier molecular flexibility index (Phi) is 4.66. The molecule has 2 aliphatic heterocycles. The Morgan fingerprint density at radius 2 is 1.93 bits per heavy atom. The summed E-state index contributed by atoms with van der Waals surface area (Å²) in [5.74, 6) is 0. The van der Waals surface area contributed by atoms with E-state index >= 15 is 0 Å². The van der Waals surface area contributed by atoms with Crippen LogP contribution in [0.5, 0.6) is 0 Å². The fourth-order valence-corrected chi connectivity index (χ4v) is 6.66. The standard InChI is InChI=1S/C21H25N5Se/c22-9-10-23-16-7-8-17-19-20(15-5-1-2-6-18(15)27-21(16)19)24-26(17)14-13-25-11-3-4-12-25/h1-2,5-8,23H,3-4,9-14,22H2. The zero-order valence-electron chi connectivity index (χ0n) is 15.4. The second-order valence-electron chi connectivity index (χ2n) is 7.27. The van der Waals surface area contributed by atoms with Gasteiger partial charge < -0.3 is 0 Å². The van der Waals surface area contributed by atoms with Crippen molar-refractivity contribution < 1.29 is 0 Å². The van der Waals surface area contributed by atoms with Crippen molar-refractivity contribution in [3.8, 4) is 11.3 Å². The molecule has 0 unspecified atom stereocenters. The van der Waals surface area contributed by atoms with Gasteiger partial charge in [0.25, 0.3) is 0 Å². The molecule has 3 aromatic rings. The molecule has 0 amide bonds. The summed E-state index contributed by atoms with van der Waals surface area (Å²) in [5, 5.41) is 9.96. The molecule has 5 nitrogen and oxygen atoms in total. The van der Waals surface area contributed by atoms with Crippen molar-refractivity contribution in [1.29, 1.82) is 0 Å². The molecular weight excluding hydrogens is 401 g/mol. The fraction of sp³-hybridized carbons (Fsp3) is 0.381. The first-order valence-corrected chi connectivity index (χ1v) is 11.5. The molecule has 1 aromatic heterocycles.